The van der Waals surface area contributed by atoms with Gasteiger partial charge in [-0.2, -0.15) is 0 Å². The monoisotopic (exact) mass is 309 g/mol. The van der Waals surface area contributed by atoms with E-state index in [4.69, 9.17) is 16.3 Å². The molecule has 6 nitrogen and oxygen atoms in total. The highest BCUT2D eigenvalue weighted by atomic mass is 35.5. The van der Waals surface area contributed by atoms with Crippen molar-refractivity contribution in [1.82, 2.24) is 5.32 Å². The first-order valence-corrected chi connectivity index (χ1v) is 7.29. The number of hydrogen-bond donors (Lipinski definition) is 3. The summed E-state index contributed by atoms with van der Waals surface area (Å²) in [6, 6.07) is 3.45. The minimum absolute atomic E-state index is 0.0337. The molecule has 7 heteroatoms. The van der Waals surface area contributed by atoms with E-state index in [9.17, 15) is 9.59 Å². The third kappa shape index (κ3) is 3.28. The molecule has 1 atom stereocenters. The van der Waals surface area contributed by atoms with Crippen molar-refractivity contribution >= 4 is 34.8 Å². The summed E-state index contributed by atoms with van der Waals surface area (Å²) in [6.07, 6.45) is 2.54. The predicted molar refractivity (Wildman–Crippen MR) is 79.8 cm³/mol. The molecule has 1 fully saturated rings. The van der Waals surface area contributed by atoms with Gasteiger partial charge in [0, 0.05) is 18.5 Å². The molecule has 1 aromatic carbocycles. The van der Waals surface area contributed by atoms with Crippen molar-refractivity contribution in [1.29, 1.82) is 0 Å². The first-order chi connectivity index (χ1) is 10.1. The van der Waals surface area contributed by atoms with E-state index >= 15 is 0 Å². The fraction of sp³-hybridized carbons (Fsp3) is 0.429. The van der Waals surface area contributed by atoms with Crippen molar-refractivity contribution < 1.29 is 14.3 Å². The molecule has 0 radical (unpaired) electrons. The number of nitrogens with one attached hydrogen (secondary N) is 3. The van der Waals surface area contributed by atoms with E-state index in [-0.39, 0.29) is 24.5 Å². The summed E-state index contributed by atoms with van der Waals surface area (Å²) in [4.78, 5) is 23.3. The molecule has 3 rings (SSSR count). The highest BCUT2D eigenvalue weighted by Crippen LogP contribution is 2.36. The summed E-state index contributed by atoms with van der Waals surface area (Å²) in [5.41, 5.74) is 1.02. The number of halogens is 1. The van der Waals surface area contributed by atoms with Crippen molar-refractivity contribution in [2.75, 3.05) is 23.8 Å². The Morgan fingerprint density at radius 3 is 3.10 bits per heavy atom. The number of amides is 2. The molecule has 0 saturated carbocycles. The molecule has 2 aliphatic rings. The van der Waals surface area contributed by atoms with Gasteiger partial charge in [0.05, 0.1) is 16.4 Å². The van der Waals surface area contributed by atoms with Gasteiger partial charge in [0.25, 0.3) is 5.91 Å². The summed E-state index contributed by atoms with van der Waals surface area (Å²) < 4.78 is 5.31. The minimum atomic E-state index is -0.220. The van der Waals surface area contributed by atoms with E-state index in [0.717, 1.165) is 19.4 Å². The molecule has 1 saturated heterocycles. The molecule has 0 bridgehead atoms. The number of rotatable bonds is 3. The van der Waals surface area contributed by atoms with Crippen LogP contribution in [0.1, 0.15) is 19.3 Å². The van der Waals surface area contributed by atoms with Crippen LogP contribution in [-0.4, -0.2) is 31.0 Å². The standard InChI is InChI=1S/C14H16ClN3O3/c15-9-5-11-12(21-7-14(20)18-11)6-10(9)17-13(19)4-8-2-1-3-16-8/h5-6,8,16H,1-4,7H2,(H,17,19)(H,18,20). The van der Waals surface area contributed by atoms with Crippen LogP contribution >= 0.6 is 11.6 Å². The zero-order chi connectivity index (χ0) is 14.8. The Kier molecular flexibility index (Phi) is 3.98. The lowest BCUT2D eigenvalue weighted by atomic mass is 10.1. The third-order valence-electron chi connectivity index (χ3n) is 3.57. The Bertz CT molecular complexity index is 585. The van der Waals surface area contributed by atoms with Gasteiger partial charge in [-0.05, 0) is 25.5 Å². The topological polar surface area (TPSA) is 79.5 Å². The largest absolute Gasteiger partial charge is 0.482 e. The van der Waals surface area contributed by atoms with Crippen LogP contribution in [0, 0.1) is 0 Å². The maximum atomic E-state index is 12.0. The van der Waals surface area contributed by atoms with Gasteiger partial charge in [-0.1, -0.05) is 11.6 Å². The number of carbonyl (C=O) groups excluding carboxylic acids is 2. The number of carbonyl (C=O) groups is 2. The van der Waals surface area contributed by atoms with Gasteiger partial charge in [-0.3, -0.25) is 9.59 Å². The second kappa shape index (κ2) is 5.91. The van der Waals surface area contributed by atoms with Gasteiger partial charge in [0.15, 0.2) is 6.61 Å². The van der Waals surface area contributed by atoms with E-state index in [1.807, 2.05) is 0 Å². The van der Waals surface area contributed by atoms with Gasteiger partial charge in [-0.15, -0.1) is 0 Å². The van der Waals surface area contributed by atoms with Crippen LogP contribution in [0.4, 0.5) is 11.4 Å². The van der Waals surface area contributed by atoms with Crippen molar-refractivity contribution in [3.05, 3.63) is 17.2 Å². The van der Waals surface area contributed by atoms with Gasteiger partial charge in [0.1, 0.15) is 5.75 Å². The van der Waals surface area contributed by atoms with Gasteiger partial charge in [0.2, 0.25) is 5.91 Å². The molecule has 2 aliphatic heterocycles. The lowest BCUT2D eigenvalue weighted by molar-refractivity contribution is -0.119. The maximum absolute atomic E-state index is 12.0. The van der Waals surface area contributed by atoms with Crippen LogP contribution in [0.15, 0.2) is 12.1 Å². The molecule has 1 unspecified atom stereocenters. The number of hydrogen-bond acceptors (Lipinski definition) is 4. The van der Waals surface area contributed by atoms with Gasteiger partial charge >= 0.3 is 0 Å². The molecule has 0 aromatic heterocycles. The molecule has 3 N–H and O–H groups in total. The first kappa shape index (κ1) is 14.2. The minimum Gasteiger partial charge on any atom is -0.482 e. The number of ether oxygens (including phenoxy) is 1. The van der Waals surface area contributed by atoms with Crippen molar-refractivity contribution in [2.45, 2.75) is 25.3 Å². The van der Waals surface area contributed by atoms with Crippen molar-refractivity contribution in [3.63, 3.8) is 0 Å². The second-order valence-electron chi connectivity index (χ2n) is 5.21. The molecule has 112 valence electrons. The third-order valence-corrected chi connectivity index (χ3v) is 3.88. The zero-order valence-electron chi connectivity index (χ0n) is 11.4. The molecule has 0 spiro atoms. The van der Waals surface area contributed by atoms with Crippen LogP contribution in [0.5, 0.6) is 5.75 Å². The molecule has 21 heavy (non-hydrogen) atoms. The average molecular weight is 310 g/mol. The van der Waals surface area contributed by atoms with Crippen LogP contribution in [-0.2, 0) is 9.59 Å². The van der Waals surface area contributed by atoms with Crippen LogP contribution in [0.3, 0.4) is 0 Å². The molecular weight excluding hydrogens is 294 g/mol. The van der Waals surface area contributed by atoms with Crippen LogP contribution in [0.25, 0.3) is 0 Å². The summed E-state index contributed by atoms with van der Waals surface area (Å²) in [5.74, 6) is 0.201. The molecule has 2 heterocycles. The van der Waals surface area contributed by atoms with E-state index in [1.165, 1.54) is 0 Å². The van der Waals surface area contributed by atoms with Gasteiger partial charge in [-0.25, -0.2) is 0 Å². The first-order valence-electron chi connectivity index (χ1n) is 6.91. The molecular formula is C14H16ClN3O3. The summed E-state index contributed by atoms with van der Waals surface area (Å²) in [7, 11) is 0. The SMILES string of the molecule is O=C(CC1CCCN1)Nc1cc2c(cc1Cl)NC(=O)CO2. The van der Waals surface area contributed by atoms with E-state index in [1.54, 1.807) is 12.1 Å². The Labute approximate surface area is 127 Å². The number of benzene rings is 1. The second-order valence-corrected chi connectivity index (χ2v) is 5.62. The maximum Gasteiger partial charge on any atom is 0.262 e. The smallest absolute Gasteiger partial charge is 0.262 e. The molecule has 2 amide bonds. The number of fused-ring (bicyclic) bond motifs is 1. The van der Waals surface area contributed by atoms with E-state index < -0.39 is 0 Å². The summed E-state index contributed by atoms with van der Waals surface area (Å²) >= 11 is 6.13. The lowest BCUT2D eigenvalue weighted by Crippen LogP contribution is -2.28. The van der Waals surface area contributed by atoms with E-state index in [2.05, 4.69) is 16.0 Å². The summed E-state index contributed by atoms with van der Waals surface area (Å²) in [6.45, 7) is 0.930. The Hall–Kier alpha value is -1.79. The van der Waals surface area contributed by atoms with Crippen molar-refractivity contribution in [2.24, 2.45) is 0 Å². The normalized spacial score (nSPS) is 20.4. The molecule has 0 aliphatic carbocycles. The lowest BCUT2D eigenvalue weighted by Gasteiger charge is -2.20. The predicted octanol–water partition coefficient (Wildman–Crippen LogP) is 1.75. The Morgan fingerprint density at radius 1 is 1.48 bits per heavy atom. The molecule has 1 aromatic rings. The Morgan fingerprint density at radius 2 is 2.33 bits per heavy atom. The van der Waals surface area contributed by atoms with Crippen molar-refractivity contribution in [3.8, 4) is 5.75 Å². The van der Waals surface area contributed by atoms with Crippen LogP contribution < -0.4 is 20.7 Å². The van der Waals surface area contributed by atoms with Gasteiger partial charge < -0.3 is 20.7 Å². The van der Waals surface area contributed by atoms with E-state index in [0.29, 0.717) is 28.6 Å². The fourth-order valence-corrected chi connectivity index (χ4v) is 2.76. The fourth-order valence-electron chi connectivity index (χ4n) is 2.55. The number of anilines is 2. The average Bonchev–Trinajstić information content (AvgIpc) is 2.92. The van der Waals surface area contributed by atoms with Crippen LogP contribution in [0.2, 0.25) is 5.02 Å². The Balaban J connectivity index is 1.70. The zero-order valence-corrected chi connectivity index (χ0v) is 12.1. The highest BCUT2D eigenvalue weighted by Gasteiger charge is 2.21. The highest BCUT2D eigenvalue weighted by molar-refractivity contribution is 6.34. The quantitative estimate of drug-likeness (QED) is 0.795. The summed E-state index contributed by atoms with van der Waals surface area (Å²) in [5, 5.41) is 9.11.